The average molecular weight is 264 g/mol. The first-order valence-corrected chi connectivity index (χ1v) is 6.65. The highest BCUT2D eigenvalue weighted by molar-refractivity contribution is 5.96. The molecule has 1 fully saturated rings. The molecule has 1 aliphatic carbocycles. The number of nitrogens with two attached hydrogens (primary N) is 1. The lowest BCUT2D eigenvalue weighted by Gasteiger charge is -2.15. The maximum Gasteiger partial charge on any atom is 0.227 e. The topological polar surface area (TPSA) is 73.6 Å². The van der Waals surface area contributed by atoms with E-state index in [4.69, 9.17) is 15.2 Å². The van der Waals surface area contributed by atoms with Crippen LogP contribution < -0.4 is 20.5 Å². The van der Waals surface area contributed by atoms with Gasteiger partial charge in [-0.1, -0.05) is 0 Å². The minimum absolute atomic E-state index is 0.0353. The van der Waals surface area contributed by atoms with E-state index in [0.717, 1.165) is 12.8 Å². The molecule has 5 heteroatoms. The monoisotopic (exact) mass is 264 g/mol. The molecule has 0 spiro atoms. The number of nitrogens with one attached hydrogen (secondary N) is 1. The summed E-state index contributed by atoms with van der Waals surface area (Å²) in [6.45, 7) is 4.81. The van der Waals surface area contributed by atoms with Crippen molar-refractivity contribution in [3.05, 3.63) is 12.1 Å². The molecular weight excluding hydrogens is 244 g/mol. The zero-order valence-corrected chi connectivity index (χ0v) is 11.4. The highest BCUT2D eigenvalue weighted by atomic mass is 16.5. The highest BCUT2D eigenvalue weighted by Gasteiger charge is 2.30. The van der Waals surface area contributed by atoms with Crippen LogP contribution in [0.3, 0.4) is 0 Å². The first-order valence-electron chi connectivity index (χ1n) is 6.65. The molecule has 0 bridgehead atoms. The molecule has 104 valence electrons. The lowest BCUT2D eigenvalue weighted by Crippen LogP contribution is -2.14. The second-order valence-electron chi connectivity index (χ2n) is 4.52. The summed E-state index contributed by atoms with van der Waals surface area (Å²) in [4.78, 5) is 11.8. The van der Waals surface area contributed by atoms with Gasteiger partial charge in [-0.05, 0) is 26.7 Å². The molecule has 5 nitrogen and oxygen atoms in total. The molecule has 0 heterocycles. The molecule has 2 rings (SSSR count). The van der Waals surface area contributed by atoms with Crippen molar-refractivity contribution in [2.75, 3.05) is 24.3 Å². The number of carbonyl (C=O) groups excluding carboxylic acids is 1. The number of amides is 1. The van der Waals surface area contributed by atoms with Gasteiger partial charge < -0.3 is 20.5 Å². The Morgan fingerprint density at radius 1 is 1.26 bits per heavy atom. The summed E-state index contributed by atoms with van der Waals surface area (Å²) in [5, 5.41) is 2.88. The third-order valence-electron chi connectivity index (χ3n) is 2.92. The summed E-state index contributed by atoms with van der Waals surface area (Å²) in [5.74, 6) is 1.32. The molecule has 3 N–H and O–H groups in total. The number of nitrogen functional groups attached to an aromatic ring is 1. The third kappa shape index (κ3) is 3.30. The lowest BCUT2D eigenvalue weighted by molar-refractivity contribution is -0.117. The molecule has 1 aromatic rings. The Morgan fingerprint density at radius 2 is 1.89 bits per heavy atom. The normalized spacial score (nSPS) is 14.0. The van der Waals surface area contributed by atoms with E-state index in [9.17, 15) is 4.79 Å². The Hall–Kier alpha value is -1.91. The largest absolute Gasteiger partial charge is 0.492 e. The molecule has 0 atom stereocenters. The Labute approximate surface area is 113 Å². The second-order valence-corrected chi connectivity index (χ2v) is 4.52. The van der Waals surface area contributed by atoms with Gasteiger partial charge in [0.1, 0.15) is 11.5 Å². The van der Waals surface area contributed by atoms with Crippen LogP contribution in [0.4, 0.5) is 11.4 Å². The van der Waals surface area contributed by atoms with Gasteiger partial charge in [-0.25, -0.2) is 0 Å². The van der Waals surface area contributed by atoms with Crippen molar-refractivity contribution < 1.29 is 14.3 Å². The van der Waals surface area contributed by atoms with Gasteiger partial charge in [0.05, 0.1) is 24.6 Å². The number of carbonyl (C=O) groups is 1. The van der Waals surface area contributed by atoms with Gasteiger partial charge in [-0.3, -0.25) is 4.79 Å². The molecule has 1 amide bonds. The molecular formula is C14H20N2O3. The van der Waals surface area contributed by atoms with Crippen LogP contribution in [0.2, 0.25) is 0 Å². The fourth-order valence-electron chi connectivity index (χ4n) is 1.81. The van der Waals surface area contributed by atoms with E-state index in [1.54, 1.807) is 12.1 Å². The predicted octanol–water partition coefficient (Wildman–Crippen LogP) is 2.41. The molecule has 0 radical (unpaired) electrons. The SMILES string of the molecule is CCOc1cc(NC(=O)C2CC2)c(OCC)cc1N. The van der Waals surface area contributed by atoms with Gasteiger partial charge >= 0.3 is 0 Å². The van der Waals surface area contributed by atoms with Gasteiger partial charge in [0.25, 0.3) is 0 Å². The van der Waals surface area contributed by atoms with Crippen molar-refractivity contribution in [3.63, 3.8) is 0 Å². The quantitative estimate of drug-likeness (QED) is 0.774. The summed E-state index contributed by atoms with van der Waals surface area (Å²) in [5.41, 5.74) is 7.02. The van der Waals surface area contributed by atoms with Crippen LogP contribution in [0.25, 0.3) is 0 Å². The van der Waals surface area contributed by atoms with Gasteiger partial charge in [0.2, 0.25) is 5.91 Å². The van der Waals surface area contributed by atoms with E-state index < -0.39 is 0 Å². The van der Waals surface area contributed by atoms with Crippen LogP contribution in [0.15, 0.2) is 12.1 Å². The van der Waals surface area contributed by atoms with E-state index >= 15 is 0 Å². The van der Waals surface area contributed by atoms with Crippen molar-refractivity contribution in [2.24, 2.45) is 5.92 Å². The number of hydrogen-bond donors (Lipinski definition) is 2. The fraction of sp³-hybridized carbons (Fsp3) is 0.500. The maximum atomic E-state index is 11.8. The van der Waals surface area contributed by atoms with Gasteiger partial charge in [0, 0.05) is 18.1 Å². The Bertz CT molecular complexity index is 470. The van der Waals surface area contributed by atoms with Crippen LogP contribution in [0, 0.1) is 5.92 Å². The van der Waals surface area contributed by atoms with E-state index in [1.165, 1.54) is 0 Å². The first kappa shape index (κ1) is 13.5. The van der Waals surface area contributed by atoms with Crippen molar-refractivity contribution in [3.8, 4) is 11.5 Å². The molecule has 0 aliphatic heterocycles. The van der Waals surface area contributed by atoms with Crippen molar-refractivity contribution in [2.45, 2.75) is 26.7 Å². The van der Waals surface area contributed by atoms with Crippen molar-refractivity contribution >= 4 is 17.3 Å². The molecule has 19 heavy (non-hydrogen) atoms. The van der Waals surface area contributed by atoms with Gasteiger partial charge in [-0.2, -0.15) is 0 Å². The fourth-order valence-corrected chi connectivity index (χ4v) is 1.81. The molecule has 1 aliphatic rings. The zero-order valence-electron chi connectivity index (χ0n) is 11.4. The number of ether oxygens (including phenoxy) is 2. The van der Waals surface area contributed by atoms with E-state index in [1.807, 2.05) is 13.8 Å². The number of hydrogen-bond acceptors (Lipinski definition) is 4. The summed E-state index contributed by atoms with van der Waals surface area (Å²) in [7, 11) is 0. The minimum atomic E-state index is 0.0353. The van der Waals surface area contributed by atoms with Gasteiger partial charge in [-0.15, -0.1) is 0 Å². The molecule has 0 aromatic heterocycles. The minimum Gasteiger partial charge on any atom is -0.492 e. The van der Waals surface area contributed by atoms with Crippen LogP contribution in [0.5, 0.6) is 11.5 Å². The molecule has 1 aromatic carbocycles. The van der Waals surface area contributed by atoms with Crippen LogP contribution >= 0.6 is 0 Å². The van der Waals surface area contributed by atoms with E-state index in [2.05, 4.69) is 5.32 Å². The first-order chi connectivity index (χ1) is 9.15. The lowest BCUT2D eigenvalue weighted by atomic mass is 10.2. The van der Waals surface area contributed by atoms with Crippen molar-refractivity contribution in [1.82, 2.24) is 0 Å². The van der Waals surface area contributed by atoms with E-state index in [0.29, 0.717) is 36.1 Å². The zero-order chi connectivity index (χ0) is 13.8. The highest BCUT2D eigenvalue weighted by Crippen LogP contribution is 2.37. The molecule has 0 unspecified atom stereocenters. The smallest absolute Gasteiger partial charge is 0.227 e. The van der Waals surface area contributed by atoms with Gasteiger partial charge in [0.15, 0.2) is 0 Å². The van der Waals surface area contributed by atoms with Crippen LogP contribution in [-0.4, -0.2) is 19.1 Å². The predicted molar refractivity (Wildman–Crippen MR) is 74.5 cm³/mol. The Kier molecular flexibility index (Phi) is 4.14. The second kappa shape index (κ2) is 5.82. The summed E-state index contributed by atoms with van der Waals surface area (Å²) in [6, 6.07) is 3.42. The Morgan fingerprint density at radius 3 is 2.47 bits per heavy atom. The standard InChI is InChI=1S/C14H20N2O3/c1-3-18-12-8-11(16-14(17)9-5-6-9)13(19-4-2)7-10(12)15/h7-9H,3-6,15H2,1-2H3,(H,16,17). The average Bonchev–Trinajstić information content (AvgIpc) is 3.19. The number of anilines is 2. The van der Waals surface area contributed by atoms with Crippen LogP contribution in [0.1, 0.15) is 26.7 Å². The Balaban J connectivity index is 2.24. The molecule has 1 saturated carbocycles. The number of benzene rings is 1. The third-order valence-corrected chi connectivity index (χ3v) is 2.92. The molecule has 0 saturated heterocycles. The van der Waals surface area contributed by atoms with Crippen LogP contribution in [-0.2, 0) is 4.79 Å². The van der Waals surface area contributed by atoms with E-state index in [-0.39, 0.29) is 11.8 Å². The summed E-state index contributed by atoms with van der Waals surface area (Å²) < 4.78 is 10.9. The summed E-state index contributed by atoms with van der Waals surface area (Å²) >= 11 is 0. The summed E-state index contributed by atoms with van der Waals surface area (Å²) in [6.07, 6.45) is 1.92. The maximum absolute atomic E-state index is 11.8. The number of rotatable bonds is 6. The van der Waals surface area contributed by atoms with Crippen molar-refractivity contribution in [1.29, 1.82) is 0 Å².